The first-order valence-corrected chi connectivity index (χ1v) is 8.04. The molecular weight excluding hydrogens is 258 g/mol. The van der Waals surface area contributed by atoms with Gasteiger partial charge in [0.15, 0.2) is 0 Å². The predicted molar refractivity (Wildman–Crippen MR) is 86.3 cm³/mol. The van der Waals surface area contributed by atoms with Crippen LogP contribution < -0.4 is 5.32 Å². The van der Waals surface area contributed by atoms with Crippen molar-refractivity contribution in [3.63, 3.8) is 0 Å². The standard InChI is InChI=1S/C18H25N3/c1-14-6-3-4-8-16(14)10-11-21-13-19-12-18(21)17-9-5-7-15(2)20-17/h3-4,6,8,12-13,15,17,20H,5,7,9-11H2,1-2H3. The molecule has 1 saturated heterocycles. The average molecular weight is 283 g/mol. The Morgan fingerprint density at radius 3 is 2.95 bits per heavy atom. The molecule has 1 aliphatic rings. The minimum atomic E-state index is 0.466. The zero-order valence-corrected chi connectivity index (χ0v) is 13.0. The molecule has 0 amide bonds. The normalized spacial score (nSPS) is 22.4. The molecule has 2 atom stereocenters. The molecule has 21 heavy (non-hydrogen) atoms. The maximum absolute atomic E-state index is 4.38. The number of aromatic nitrogens is 2. The van der Waals surface area contributed by atoms with Gasteiger partial charge in [0, 0.05) is 24.8 Å². The highest BCUT2D eigenvalue weighted by Crippen LogP contribution is 2.25. The summed E-state index contributed by atoms with van der Waals surface area (Å²) in [5.74, 6) is 0. The van der Waals surface area contributed by atoms with Crippen LogP contribution in [0.25, 0.3) is 0 Å². The largest absolute Gasteiger partial charge is 0.333 e. The Labute approximate surface area is 127 Å². The summed E-state index contributed by atoms with van der Waals surface area (Å²) in [7, 11) is 0. The molecule has 2 unspecified atom stereocenters. The highest BCUT2D eigenvalue weighted by molar-refractivity contribution is 5.25. The Morgan fingerprint density at radius 1 is 1.29 bits per heavy atom. The zero-order valence-electron chi connectivity index (χ0n) is 13.0. The lowest BCUT2D eigenvalue weighted by molar-refractivity contribution is 0.329. The zero-order chi connectivity index (χ0) is 14.7. The van der Waals surface area contributed by atoms with E-state index in [1.54, 1.807) is 0 Å². The summed E-state index contributed by atoms with van der Waals surface area (Å²) < 4.78 is 2.32. The van der Waals surface area contributed by atoms with Crippen molar-refractivity contribution in [1.82, 2.24) is 14.9 Å². The Balaban J connectivity index is 1.69. The molecule has 0 bridgehead atoms. The van der Waals surface area contributed by atoms with Crippen LogP contribution in [-0.4, -0.2) is 15.6 Å². The summed E-state index contributed by atoms with van der Waals surface area (Å²) in [6.07, 6.45) is 8.90. The minimum absolute atomic E-state index is 0.466. The first-order chi connectivity index (χ1) is 10.2. The summed E-state index contributed by atoms with van der Waals surface area (Å²) in [6, 6.07) is 9.73. The van der Waals surface area contributed by atoms with E-state index < -0.39 is 0 Å². The number of nitrogens with one attached hydrogen (secondary N) is 1. The maximum Gasteiger partial charge on any atom is 0.0948 e. The van der Waals surface area contributed by atoms with Crippen molar-refractivity contribution in [3.8, 4) is 0 Å². The van der Waals surface area contributed by atoms with E-state index in [9.17, 15) is 0 Å². The summed E-state index contributed by atoms with van der Waals surface area (Å²) in [5, 5.41) is 3.71. The van der Waals surface area contributed by atoms with Gasteiger partial charge in [-0.15, -0.1) is 0 Å². The number of aryl methyl sites for hydroxylation is 3. The summed E-state index contributed by atoms with van der Waals surface area (Å²) >= 11 is 0. The highest BCUT2D eigenvalue weighted by Gasteiger charge is 2.21. The number of piperidine rings is 1. The van der Waals surface area contributed by atoms with E-state index in [4.69, 9.17) is 0 Å². The number of imidazole rings is 1. The van der Waals surface area contributed by atoms with Crippen LogP contribution in [0.2, 0.25) is 0 Å². The van der Waals surface area contributed by atoms with Gasteiger partial charge in [0.2, 0.25) is 0 Å². The third-order valence-corrected chi connectivity index (χ3v) is 4.60. The molecule has 3 rings (SSSR count). The van der Waals surface area contributed by atoms with Crippen LogP contribution in [-0.2, 0) is 13.0 Å². The van der Waals surface area contributed by atoms with E-state index in [0.29, 0.717) is 12.1 Å². The van der Waals surface area contributed by atoms with E-state index in [2.05, 4.69) is 53.0 Å². The number of hydrogen-bond acceptors (Lipinski definition) is 2. The lowest BCUT2D eigenvalue weighted by atomic mass is 9.97. The van der Waals surface area contributed by atoms with Gasteiger partial charge in [-0.3, -0.25) is 0 Å². The van der Waals surface area contributed by atoms with Gasteiger partial charge in [-0.25, -0.2) is 4.98 Å². The molecule has 1 aliphatic heterocycles. The second kappa shape index (κ2) is 6.44. The summed E-state index contributed by atoms with van der Waals surface area (Å²) in [6.45, 7) is 5.47. The van der Waals surface area contributed by atoms with Gasteiger partial charge in [0.05, 0.1) is 12.0 Å². The van der Waals surface area contributed by atoms with Crippen molar-refractivity contribution in [1.29, 1.82) is 0 Å². The van der Waals surface area contributed by atoms with Gasteiger partial charge in [0.1, 0.15) is 0 Å². The van der Waals surface area contributed by atoms with Crippen LogP contribution in [0.15, 0.2) is 36.8 Å². The Kier molecular flexibility index (Phi) is 4.39. The molecule has 0 aliphatic carbocycles. The van der Waals surface area contributed by atoms with E-state index >= 15 is 0 Å². The highest BCUT2D eigenvalue weighted by atomic mass is 15.1. The second-order valence-corrected chi connectivity index (χ2v) is 6.24. The van der Waals surface area contributed by atoms with Crippen molar-refractivity contribution < 1.29 is 0 Å². The second-order valence-electron chi connectivity index (χ2n) is 6.24. The van der Waals surface area contributed by atoms with E-state index in [-0.39, 0.29) is 0 Å². The van der Waals surface area contributed by atoms with Crippen molar-refractivity contribution in [2.75, 3.05) is 0 Å². The van der Waals surface area contributed by atoms with Crippen molar-refractivity contribution in [3.05, 3.63) is 53.6 Å². The van der Waals surface area contributed by atoms with Crippen LogP contribution in [0.4, 0.5) is 0 Å². The maximum atomic E-state index is 4.38. The van der Waals surface area contributed by atoms with Gasteiger partial charge >= 0.3 is 0 Å². The van der Waals surface area contributed by atoms with Crippen LogP contribution in [0.5, 0.6) is 0 Å². The minimum Gasteiger partial charge on any atom is -0.333 e. The number of rotatable bonds is 4. The Hall–Kier alpha value is -1.61. The summed E-state index contributed by atoms with van der Waals surface area (Å²) in [5.41, 5.74) is 4.15. The van der Waals surface area contributed by atoms with E-state index in [1.807, 2.05) is 12.5 Å². The Bertz CT molecular complexity index is 588. The fourth-order valence-corrected chi connectivity index (χ4v) is 3.31. The molecule has 1 N–H and O–H groups in total. The number of benzene rings is 1. The fourth-order valence-electron chi connectivity index (χ4n) is 3.31. The predicted octanol–water partition coefficient (Wildman–Crippen LogP) is 3.64. The number of hydrogen-bond donors (Lipinski definition) is 1. The van der Waals surface area contributed by atoms with Crippen molar-refractivity contribution in [2.45, 2.75) is 58.2 Å². The lowest BCUT2D eigenvalue weighted by Gasteiger charge is -2.29. The summed E-state index contributed by atoms with van der Waals surface area (Å²) in [4.78, 5) is 4.38. The number of nitrogens with zero attached hydrogens (tertiary/aromatic N) is 2. The van der Waals surface area contributed by atoms with Gasteiger partial charge in [-0.2, -0.15) is 0 Å². The molecule has 2 aromatic rings. The molecule has 2 heterocycles. The third kappa shape index (κ3) is 3.35. The quantitative estimate of drug-likeness (QED) is 0.928. The van der Waals surface area contributed by atoms with Crippen molar-refractivity contribution >= 4 is 0 Å². The van der Waals surface area contributed by atoms with Gasteiger partial charge in [-0.05, 0) is 50.7 Å². The van der Waals surface area contributed by atoms with Crippen LogP contribution >= 0.6 is 0 Å². The molecular formula is C18H25N3. The first kappa shape index (κ1) is 14.3. The van der Waals surface area contributed by atoms with Gasteiger partial charge < -0.3 is 9.88 Å². The average Bonchev–Trinajstić information content (AvgIpc) is 2.95. The Morgan fingerprint density at radius 2 is 2.14 bits per heavy atom. The molecule has 0 spiro atoms. The monoisotopic (exact) mass is 283 g/mol. The molecule has 1 aromatic heterocycles. The molecule has 1 fully saturated rings. The first-order valence-electron chi connectivity index (χ1n) is 8.04. The van der Waals surface area contributed by atoms with E-state index in [0.717, 1.165) is 13.0 Å². The van der Waals surface area contributed by atoms with Crippen LogP contribution in [0, 0.1) is 6.92 Å². The van der Waals surface area contributed by atoms with Crippen molar-refractivity contribution in [2.24, 2.45) is 0 Å². The fraction of sp³-hybridized carbons (Fsp3) is 0.500. The lowest BCUT2D eigenvalue weighted by Crippen LogP contribution is -2.35. The molecule has 3 heteroatoms. The van der Waals surface area contributed by atoms with Gasteiger partial charge in [0.25, 0.3) is 0 Å². The van der Waals surface area contributed by atoms with Gasteiger partial charge in [-0.1, -0.05) is 24.3 Å². The molecule has 0 saturated carbocycles. The van der Waals surface area contributed by atoms with Crippen LogP contribution in [0.1, 0.15) is 49.0 Å². The molecule has 3 nitrogen and oxygen atoms in total. The molecule has 0 radical (unpaired) electrons. The van der Waals surface area contributed by atoms with E-state index in [1.165, 1.54) is 36.1 Å². The molecule has 112 valence electrons. The molecule has 1 aromatic carbocycles. The topological polar surface area (TPSA) is 29.9 Å². The van der Waals surface area contributed by atoms with Crippen LogP contribution in [0.3, 0.4) is 0 Å². The smallest absolute Gasteiger partial charge is 0.0948 e. The third-order valence-electron chi connectivity index (χ3n) is 4.60. The SMILES string of the molecule is Cc1ccccc1CCn1cncc1C1CCCC(C)N1.